The van der Waals surface area contributed by atoms with Gasteiger partial charge in [-0.3, -0.25) is 9.59 Å². The molecule has 0 radical (unpaired) electrons. The van der Waals surface area contributed by atoms with Gasteiger partial charge in [0, 0.05) is 12.2 Å². The first-order valence-electron chi connectivity index (χ1n) is 9.19. The number of hydrogen-bond acceptors (Lipinski definition) is 3. The second-order valence-electron chi connectivity index (χ2n) is 6.97. The van der Waals surface area contributed by atoms with Crippen LogP contribution in [0.2, 0.25) is 0 Å². The number of amides is 1. The molecule has 2 aliphatic rings. The van der Waals surface area contributed by atoms with E-state index in [1.165, 1.54) is 25.5 Å². The van der Waals surface area contributed by atoms with Crippen LogP contribution in [0.25, 0.3) is 0 Å². The summed E-state index contributed by atoms with van der Waals surface area (Å²) in [7, 11) is 1.39. The Morgan fingerprint density at radius 1 is 1.08 bits per heavy atom. The number of hydrogen-bond donors (Lipinski definition) is 0. The smallest absolute Gasteiger partial charge is 0.318 e. The van der Waals surface area contributed by atoms with Crippen LogP contribution in [0, 0.1) is 11.8 Å². The topological polar surface area (TPSA) is 46.6 Å². The number of carbonyl (C=O) groups excluding carboxylic acids is 2. The molecule has 1 aromatic rings. The number of para-hydroxylation sites is 1. The van der Waals surface area contributed by atoms with Crippen LogP contribution in [0.5, 0.6) is 0 Å². The van der Waals surface area contributed by atoms with E-state index in [9.17, 15) is 9.59 Å². The number of methoxy groups -OCH3 is 1. The van der Waals surface area contributed by atoms with Crippen molar-refractivity contribution in [2.45, 2.75) is 51.4 Å². The molecule has 1 aliphatic heterocycles. The summed E-state index contributed by atoms with van der Waals surface area (Å²) in [6, 6.07) is 8.04. The van der Waals surface area contributed by atoms with Crippen molar-refractivity contribution in [2.75, 3.05) is 18.6 Å². The second kappa shape index (κ2) is 7.82. The van der Waals surface area contributed by atoms with E-state index in [0.717, 1.165) is 44.2 Å². The predicted octanol–water partition coefficient (Wildman–Crippen LogP) is 3.73. The van der Waals surface area contributed by atoms with Gasteiger partial charge >= 0.3 is 5.97 Å². The summed E-state index contributed by atoms with van der Waals surface area (Å²) in [5, 5.41) is 0. The van der Waals surface area contributed by atoms with E-state index in [0.29, 0.717) is 6.54 Å². The Bertz CT molecular complexity index is 590. The molecule has 4 heteroatoms. The molecule has 1 aromatic carbocycles. The average molecular weight is 329 g/mol. The molecule has 3 rings (SSSR count). The Morgan fingerprint density at radius 3 is 2.50 bits per heavy atom. The molecule has 1 amide bonds. The zero-order valence-electron chi connectivity index (χ0n) is 14.5. The van der Waals surface area contributed by atoms with E-state index in [2.05, 4.69) is 6.07 Å². The third-order valence-electron chi connectivity index (χ3n) is 5.47. The van der Waals surface area contributed by atoms with Crippen molar-refractivity contribution in [1.82, 2.24) is 0 Å². The highest BCUT2D eigenvalue weighted by atomic mass is 16.5. The fourth-order valence-electron chi connectivity index (χ4n) is 4.20. The molecule has 0 spiro atoms. The molecule has 1 saturated carbocycles. The fourth-order valence-corrected chi connectivity index (χ4v) is 4.20. The van der Waals surface area contributed by atoms with Crippen LogP contribution in [0.1, 0.15) is 50.5 Å². The maximum Gasteiger partial charge on any atom is 0.318 e. The van der Waals surface area contributed by atoms with Gasteiger partial charge in [-0.1, -0.05) is 43.9 Å². The molecule has 1 aliphatic carbocycles. The highest BCUT2D eigenvalue weighted by Crippen LogP contribution is 2.34. The summed E-state index contributed by atoms with van der Waals surface area (Å²) in [5.41, 5.74) is 2.16. The SMILES string of the molecule is COC(=O)C(C(=O)N1CCCc2ccccc21)C1CCCCCC1. The molecule has 130 valence electrons. The summed E-state index contributed by atoms with van der Waals surface area (Å²) in [6.45, 7) is 0.691. The Labute approximate surface area is 144 Å². The lowest BCUT2D eigenvalue weighted by Crippen LogP contribution is -2.45. The van der Waals surface area contributed by atoms with E-state index in [1.54, 1.807) is 0 Å². The second-order valence-corrected chi connectivity index (χ2v) is 6.97. The number of fused-ring (bicyclic) bond motifs is 1. The van der Waals surface area contributed by atoms with Gasteiger partial charge in [0.15, 0.2) is 0 Å². The zero-order valence-corrected chi connectivity index (χ0v) is 14.5. The van der Waals surface area contributed by atoms with Gasteiger partial charge in [0.25, 0.3) is 0 Å². The van der Waals surface area contributed by atoms with Crippen LogP contribution < -0.4 is 4.90 Å². The van der Waals surface area contributed by atoms with Gasteiger partial charge in [0.2, 0.25) is 5.91 Å². The van der Waals surface area contributed by atoms with Crippen LogP contribution in [0.4, 0.5) is 5.69 Å². The van der Waals surface area contributed by atoms with Crippen LogP contribution in [-0.2, 0) is 20.7 Å². The number of anilines is 1. The van der Waals surface area contributed by atoms with Crippen LogP contribution in [0.15, 0.2) is 24.3 Å². The standard InChI is InChI=1S/C20H27NO3/c1-24-20(23)18(16-10-4-2-3-5-11-16)19(22)21-14-8-12-15-9-6-7-13-17(15)21/h6-7,9,13,16,18H,2-5,8,10-12,14H2,1H3. The lowest BCUT2D eigenvalue weighted by molar-refractivity contribution is -0.152. The molecular weight excluding hydrogens is 302 g/mol. The molecule has 1 fully saturated rings. The van der Waals surface area contributed by atoms with Crippen LogP contribution >= 0.6 is 0 Å². The van der Waals surface area contributed by atoms with Crippen molar-refractivity contribution in [1.29, 1.82) is 0 Å². The van der Waals surface area contributed by atoms with Crippen LogP contribution in [-0.4, -0.2) is 25.5 Å². The normalized spacial score (nSPS) is 20.0. The lowest BCUT2D eigenvalue weighted by Gasteiger charge is -2.34. The highest BCUT2D eigenvalue weighted by Gasteiger charge is 2.39. The van der Waals surface area contributed by atoms with Crippen molar-refractivity contribution in [3.05, 3.63) is 29.8 Å². The van der Waals surface area contributed by atoms with Gasteiger partial charge in [0.1, 0.15) is 5.92 Å². The summed E-state index contributed by atoms with van der Waals surface area (Å²) >= 11 is 0. The van der Waals surface area contributed by atoms with Crippen molar-refractivity contribution in [3.63, 3.8) is 0 Å². The molecule has 0 bridgehead atoms. The number of benzene rings is 1. The average Bonchev–Trinajstić information content (AvgIpc) is 2.90. The quantitative estimate of drug-likeness (QED) is 0.482. The Kier molecular flexibility index (Phi) is 5.54. The van der Waals surface area contributed by atoms with E-state index in [4.69, 9.17) is 4.74 Å². The monoisotopic (exact) mass is 329 g/mol. The van der Waals surface area contributed by atoms with Crippen molar-refractivity contribution >= 4 is 17.6 Å². The minimum Gasteiger partial charge on any atom is -0.468 e. The Morgan fingerprint density at radius 2 is 1.79 bits per heavy atom. The van der Waals surface area contributed by atoms with Gasteiger partial charge in [-0.25, -0.2) is 0 Å². The molecule has 4 nitrogen and oxygen atoms in total. The fraction of sp³-hybridized carbons (Fsp3) is 0.600. The molecule has 24 heavy (non-hydrogen) atoms. The van der Waals surface area contributed by atoms with E-state index < -0.39 is 5.92 Å². The first-order valence-corrected chi connectivity index (χ1v) is 9.19. The molecule has 0 saturated heterocycles. The summed E-state index contributed by atoms with van der Waals surface area (Å²) < 4.78 is 5.02. The predicted molar refractivity (Wildman–Crippen MR) is 93.8 cm³/mol. The number of ether oxygens (including phenoxy) is 1. The minimum absolute atomic E-state index is 0.0686. The lowest BCUT2D eigenvalue weighted by atomic mass is 9.84. The number of rotatable bonds is 3. The van der Waals surface area contributed by atoms with Crippen molar-refractivity contribution in [2.24, 2.45) is 11.8 Å². The third-order valence-corrected chi connectivity index (χ3v) is 5.47. The van der Waals surface area contributed by atoms with Crippen LogP contribution in [0.3, 0.4) is 0 Å². The number of carbonyl (C=O) groups is 2. The van der Waals surface area contributed by atoms with Gasteiger partial charge in [0.05, 0.1) is 7.11 Å². The summed E-state index contributed by atoms with van der Waals surface area (Å²) in [5.74, 6) is -0.975. The molecule has 1 unspecified atom stereocenters. The van der Waals surface area contributed by atoms with E-state index >= 15 is 0 Å². The number of esters is 1. The van der Waals surface area contributed by atoms with Gasteiger partial charge in [-0.05, 0) is 43.2 Å². The Hall–Kier alpha value is -1.84. The number of nitrogens with zero attached hydrogens (tertiary/aromatic N) is 1. The molecule has 0 aromatic heterocycles. The van der Waals surface area contributed by atoms with Crippen molar-refractivity contribution < 1.29 is 14.3 Å². The number of aryl methyl sites for hydroxylation is 1. The van der Waals surface area contributed by atoms with E-state index in [1.807, 2.05) is 23.1 Å². The van der Waals surface area contributed by atoms with Gasteiger partial charge in [-0.2, -0.15) is 0 Å². The first-order chi connectivity index (χ1) is 11.7. The minimum atomic E-state index is -0.653. The van der Waals surface area contributed by atoms with Gasteiger partial charge < -0.3 is 9.64 Å². The molecule has 1 atom stereocenters. The first kappa shape index (κ1) is 17.0. The third kappa shape index (κ3) is 3.47. The maximum absolute atomic E-state index is 13.3. The van der Waals surface area contributed by atoms with Gasteiger partial charge in [-0.15, -0.1) is 0 Å². The molecule has 0 N–H and O–H groups in total. The summed E-state index contributed by atoms with van der Waals surface area (Å²) in [6.07, 6.45) is 8.43. The largest absolute Gasteiger partial charge is 0.468 e. The molecule has 1 heterocycles. The summed E-state index contributed by atoms with van der Waals surface area (Å²) in [4.78, 5) is 27.6. The zero-order chi connectivity index (χ0) is 16.9. The molecular formula is C20H27NO3. The van der Waals surface area contributed by atoms with Crippen molar-refractivity contribution in [3.8, 4) is 0 Å². The van der Waals surface area contributed by atoms with E-state index in [-0.39, 0.29) is 17.8 Å². The highest BCUT2D eigenvalue weighted by molar-refractivity contribution is 6.07. The maximum atomic E-state index is 13.3. The Balaban J connectivity index is 1.87.